The Bertz CT molecular complexity index is 637. The van der Waals surface area contributed by atoms with Crippen molar-refractivity contribution in [2.45, 2.75) is 47.8 Å². The molecule has 0 aliphatic carbocycles. The number of hydrogen-bond donors (Lipinski definition) is 1. The molecule has 0 aromatic carbocycles. The molecule has 1 amide bonds. The predicted octanol–water partition coefficient (Wildman–Crippen LogP) is 5.90. The number of halogens is 18. The quantitative estimate of drug-likeness (QED) is 0.265. The number of nitrogens with one attached hydrogen (secondary N) is 1. The summed E-state index contributed by atoms with van der Waals surface area (Å²) >= 11 is 4.02. The van der Waals surface area contributed by atoms with Crippen LogP contribution in [0.3, 0.4) is 0 Å². The van der Waals surface area contributed by atoms with Crippen LogP contribution >= 0.6 is 11.6 Å². The summed E-state index contributed by atoms with van der Waals surface area (Å²) in [6, 6.07) is -7.02. The fourth-order valence-corrected chi connectivity index (χ4v) is 1.48. The SMILES string of the molecule is O=C(Cl)NC(F)(F)C(F)(F)C(F)(F)C(F)(F)C(F)(F)C(F)(F)C(F)(F)C(F)(F)F. The third-order valence-corrected chi connectivity index (χ3v) is 3.07. The fourth-order valence-electron chi connectivity index (χ4n) is 1.37. The van der Waals surface area contributed by atoms with E-state index >= 15 is 0 Å². The molecule has 0 aromatic rings. The molecule has 20 heteroatoms. The standard InChI is InChI=1S/C9HClF17NO/c10-1(29)28-9(26,27)7(21,22)5(17,18)3(13,14)2(11,12)4(15,16)6(19,20)8(23,24)25/h(H,28,29). The van der Waals surface area contributed by atoms with Gasteiger partial charge in [0.2, 0.25) is 0 Å². The monoisotopic (exact) mass is 497 g/mol. The van der Waals surface area contributed by atoms with Gasteiger partial charge in [-0.3, -0.25) is 10.1 Å². The van der Waals surface area contributed by atoms with Crippen molar-refractivity contribution < 1.29 is 79.4 Å². The number of amides is 1. The second-order valence-corrected chi connectivity index (χ2v) is 5.26. The van der Waals surface area contributed by atoms with Crippen molar-refractivity contribution in [3.63, 3.8) is 0 Å². The summed E-state index contributed by atoms with van der Waals surface area (Å²) in [5.41, 5.74) is 0. The highest BCUT2D eigenvalue weighted by molar-refractivity contribution is 6.63. The van der Waals surface area contributed by atoms with E-state index in [9.17, 15) is 79.4 Å². The molecule has 0 aliphatic rings. The van der Waals surface area contributed by atoms with E-state index in [0.717, 1.165) is 0 Å². The summed E-state index contributed by atoms with van der Waals surface area (Å²) in [6.45, 7) is 0. The number of carbonyl (C=O) groups is 1. The lowest BCUT2D eigenvalue weighted by Crippen LogP contribution is -2.75. The average molecular weight is 498 g/mol. The van der Waals surface area contributed by atoms with Crippen LogP contribution in [0.15, 0.2) is 0 Å². The van der Waals surface area contributed by atoms with Crippen LogP contribution in [0.25, 0.3) is 0 Å². The third kappa shape index (κ3) is 3.62. The second-order valence-electron chi connectivity index (χ2n) is 4.92. The fraction of sp³-hybridized carbons (Fsp3) is 0.889. The summed E-state index contributed by atoms with van der Waals surface area (Å²) in [5.74, 6) is -50.7. The van der Waals surface area contributed by atoms with Gasteiger partial charge in [0.25, 0.3) is 0 Å². The van der Waals surface area contributed by atoms with Gasteiger partial charge in [0.15, 0.2) is 0 Å². The molecule has 0 saturated carbocycles. The predicted molar refractivity (Wildman–Crippen MR) is 55.1 cm³/mol. The summed E-state index contributed by atoms with van der Waals surface area (Å²) in [5, 5.41) is -3.56. The lowest BCUT2D eigenvalue weighted by Gasteiger charge is -2.42. The Kier molecular flexibility index (Phi) is 6.46. The van der Waals surface area contributed by atoms with Gasteiger partial charge in [0.1, 0.15) is 0 Å². The molecule has 0 aliphatic heterocycles. The van der Waals surface area contributed by atoms with Gasteiger partial charge in [-0.05, 0) is 11.6 Å². The lowest BCUT2D eigenvalue weighted by atomic mass is 9.90. The molecule has 0 unspecified atom stereocenters. The van der Waals surface area contributed by atoms with E-state index in [-0.39, 0.29) is 0 Å². The van der Waals surface area contributed by atoms with Crippen LogP contribution in [0.1, 0.15) is 0 Å². The molecule has 2 nitrogen and oxygen atoms in total. The van der Waals surface area contributed by atoms with E-state index in [2.05, 4.69) is 11.6 Å². The van der Waals surface area contributed by atoms with Crippen LogP contribution in [0.5, 0.6) is 0 Å². The number of carbonyl (C=O) groups excluding carboxylic acids is 1. The van der Waals surface area contributed by atoms with Gasteiger partial charge < -0.3 is 0 Å². The van der Waals surface area contributed by atoms with Crippen LogP contribution in [0.2, 0.25) is 0 Å². The molecule has 0 saturated heterocycles. The molecule has 0 spiro atoms. The van der Waals surface area contributed by atoms with Crippen LogP contribution in [-0.2, 0) is 0 Å². The molecule has 0 fully saturated rings. The Morgan fingerprint density at radius 1 is 0.483 bits per heavy atom. The van der Waals surface area contributed by atoms with Crippen molar-refractivity contribution in [3.8, 4) is 0 Å². The Balaban J connectivity index is 6.69. The van der Waals surface area contributed by atoms with Gasteiger partial charge in [-0.25, -0.2) is 0 Å². The molecule has 29 heavy (non-hydrogen) atoms. The first-order valence-corrected chi connectivity index (χ1v) is 6.23. The summed E-state index contributed by atoms with van der Waals surface area (Å²) in [4.78, 5) is 10.00. The maximum atomic E-state index is 13.1. The molecule has 174 valence electrons. The Morgan fingerprint density at radius 3 is 0.966 bits per heavy atom. The molecule has 0 bridgehead atoms. The van der Waals surface area contributed by atoms with Crippen molar-refractivity contribution in [1.29, 1.82) is 0 Å². The molecule has 0 aromatic heterocycles. The highest BCUT2D eigenvalue weighted by Gasteiger charge is 2.95. The zero-order valence-corrected chi connectivity index (χ0v) is 13.0. The maximum Gasteiger partial charge on any atom is 0.460 e. The van der Waals surface area contributed by atoms with Crippen LogP contribution in [0.4, 0.5) is 79.4 Å². The minimum atomic E-state index is -8.72. The minimum Gasteiger partial charge on any atom is -0.278 e. The number of hydrogen-bond acceptors (Lipinski definition) is 1. The van der Waals surface area contributed by atoms with Gasteiger partial charge >= 0.3 is 53.1 Å². The highest BCUT2D eigenvalue weighted by Crippen LogP contribution is 2.63. The van der Waals surface area contributed by atoms with E-state index in [1.165, 1.54) is 0 Å². The molecule has 0 rings (SSSR count). The Labute approximate surface area is 150 Å². The first-order chi connectivity index (χ1) is 12.2. The topological polar surface area (TPSA) is 29.1 Å². The molecule has 0 atom stereocenters. The maximum absolute atomic E-state index is 13.1. The highest BCUT2D eigenvalue weighted by atomic mass is 35.5. The zero-order chi connectivity index (χ0) is 24.3. The number of alkyl halides is 17. The Morgan fingerprint density at radius 2 is 0.724 bits per heavy atom. The summed E-state index contributed by atoms with van der Waals surface area (Å²) in [6.07, 6.45) is -7.82. The second kappa shape index (κ2) is 6.79. The van der Waals surface area contributed by atoms with Crippen LogP contribution in [-0.4, -0.2) is 53.1 Å². The lowest BCUT2D eigenvalue weighted by molar-refractivity contribution is -0.462. The van der Waals surface area contributed by atoms with Crippen molar-refractivity contribution in [2.75, 3.05) is 0 Å². The first-order valence-electron chi connectivity index (χ1n) is 5.86. The van der Waals surface area contributed by atoms with Gasteiger partial charge in [-0.1, -0.05) is 0 Å². The first kappa shape index (κ1) is 27.6. The van der Waals surface area contributed by atoms with Crippen LogP contribution < -0.4 is 5.32 Å². The van der Waals surface area contributed by atoms with Gasteiger partial charge in [-0.15, -0.1) is 0 Å². The molecular formula is C9HClF17NO. The van der Waals surface area contributed by atoms with Gasteiger partial charge in [0.05, 0.1) is 0 Å². The van der Waals surface area contributed by atoms with Gasteiger partial charge in [-0.2, -0.15) is 74.6 Å². The van der Waals surface area contributed by atoms with Crippen molar-refractivity contribution in [1.82, 2.24) is 5.32 Å². The smallest absolute Gasteiger partial charge is 0.278 e. The van der Waals surface area contributed by atoms with E-state index in [1.807, 2.05) is 0 Å². The van der Waals surface area contributed by atoms with Gasteiger partial charge in [0, 0.05) is 0 Å². The number of rotatable bonds is 7. The van der Waals surface area contributed by atoms with Crippen molar-refractivity contribution in [2.24, 2.45) is 0 Å². The van der Waals surface area contributed by atoms with E-state index in [1.54, 1.807) is 0 Å². The van der Waals surface area contributed by atoms with E-state index < -0.39 is 58.4 Å². The van der Waals surface area contributed by atoms with Crippen molar-refractivity contribution >= 4 is 17.0 Å². The van der Waals surface area contributed by atoms with Crippen LogP contribution in [0, 0.1) is 0 Å². The molecular weight excluding hydrogens is 497 g/mol. The Hall–Kier alpha value is -1.43. The van der Waals surface area contributed by atoms with E-state index in [0.29, 0.717) is 0 Å². The summed E-state index contributed by atoms with van der Waals surface area (Å²) < 4.78 is 216. The molecule has 1 N–H and O–H groups in total. The zero-order valence-electron chi connectivity index (χ0n) is 12.2. The summed E-state index contributed by atoms with van der Waals surface area (Å²) in [7, 11) is 0. The average Bonchev–Trinajstić information content (AvgIpc) is 2.43. The van der Waals surface area contributed by atoms with E-state index in [4.69, 9.17) is 0 Å². The molecule has 0 radical (unpaired) electrons. The largest absolute Gasteiger partial charge is 0.460 e. The third-order valence-electron chi connectivity index (χ3n) is 2.98. The minimum absolute atomic E-state index is 0.648. The van der Waals surface area contributed by atoms with Crippen molar-refractivity contribution in [3.05, 3.63) is 0 Å². The molecule has 0 heterocycles. The normalized spacial score (nSPS) is 16.1.